The molecule has 0 radical (unpaired) electrons. The van der Waals surface area contributed by atoms with Crippen molar-refractivity contribution in [3.05, 3.63) is 71.3 Å². The van der Waals surface area contributed by atoms with Crippen LogP contribution in [-0.2, 0) is 27.5 Å². The summed E-state index contributed by atoms with van der Waals surface area (Å²) >= 11 is 0. The van der Waals surface area contributed by atoms with Crippen molar-refractivity contribution in [2.45, 2.75) is 58.3 Å². The molecule has 36 heavy (non-hydrogen) atoms. The molecule has 5 N–H and O–H groups in total. The quantitative estimate of drug-likeness (QED) is 0.297. The van der Waals surface area contributed by atoms with E-state index in [9.17, 15) is 14.4 Å². The number of amides is 3. The normalized spacial score (nSPS) is 16.2. The van der Waals surface area contributed by atoms with Crippen molar-refractivity contribution in [2.24, 2.45) is 11.6 Å². The van der Waals surface area contributed by atoms with Crippen LogP contribution in [0.15, 0.2) is 54.6 Å². The van der Waals surface area contributed by atoms with Crippen LogP contribution in [0.2, 0.25) is 1.41 Å². The van der Waals surface area contributed by atoms with Crippen molar-refractivity contribution in [3.63, 3.8) is 0 Å². The Morgan fingerprint density at radius 1 is 1.14 bits per heavy atom. The second-order valence-corrected chi connectivity index (χ2v) is 9.35. The fourth-order valence-electron chi connectivity index (χ4n) is 4.11. The Bertz CT molecular complexity index is 1080. The lowest BCUT2D eigenvalue weighted by molar-refractivity contribution is -0.139. The van der Waals surface area contributed by atoms with Crippen molar-refractivity contribution in [1.29, 1.82) is 5.41 Å². The Kier molecular flexibility index (Phi) is 9.04. The molecule has 1 saturated heterocycles. The molecule has 9 heteroatoms. The number of nitrogens with zero attached hydrogens (tertiary/aromatic N) is 1. The third kappa shape index (κ3) is 7.64. The Hall–Kier alpha value is -3.72. The maximum Gasteiger partial charge on any atom is 0.413 e. The number of nitrogens with one attached hydrogen (secondary N) is 3. The highest BCUT2D eigenvalue weighted by Gasteiger charge is 2.36. The van der Waals surface area contributed by atoms with Gasteiger partial charge in [0, 0.05) is 18.7 Å². The average molecular weight is 496 g/mol. The maximum absolute atomic E-state index is 12.9. The molecule has 0 unspecified atom stereocenters. The first-order valence-corrected chi connectivity index (χ1v) is 12.2. The van der Waals surface area contributed by atoms with Crippen molar-refractivity contribution < 1.29 is 20.5 Å². The number of nitrogens with two attached hydrogens (primary N) is 1. The molecule has 1 fully saturated rings. The molecule has 0 aliphatic carbocycles. The van der Waals surface area contributed by atoms with Gasteiger partial charge in [-0.3, -0.25) is 20.3 Å². The molecule has 0 bridgehead atoms. The number of carbonyl (C=O) groups excluding carboxylic acids is 3. The Morgan fingerprint density at radius 2 is 1.86 bits per heavy atom. The number of benzene rings is 2. The molecular weight excluding hydrogens is 458 g/mol. The minimum absolute atomic E-state index is 0.0901. The van der Waals surface area contributed by atoms with Gasteiger partial charge in [0.1, 0.15) is 19.9 Å². The van der Waals surface area contributed by atoms with E-state index in [-0.39, 0.29) is 36.7 Å². The van der Waals surface area contributed by atoms with E-state index in [0.717, 1.165) is 17.5 Å². The van der Waals surface area contributed by atoms with Crippen LogP contribution in [0.5, 0.6) is 0 Å². The molecule has 3 amide bonds. The highest BCUT2D eigenvalue weighted by molar-refractivity contribution is 6.04. The van der Waals surface area contributed by atoms with Gasteiger partial charge in [0.05, 0.1) is 6.04 Å². The minimum Gasteiger partial charge on any atom is -0.444 e. The van der Waals surface area contributed by atoms with Crippen LogP contribution >= 0.6 is 0 Å². The minimum atomic E-state index is -0.711. The summed E-state index contributed by atoms with van der Waals surface area (Å²) in [6.07, 6.45) is 1.16. The number of alkyl carbamates (subject to hydrolysis) is 1. The first kappa shape index (κ1) is 25.4. The van der Waals surface area contributed by atoms with Gasteiger partial charge < -0.3 is 20.7 Å². The molecule has 0 spiro atoms. The largest absolute Gasteiger partial charge is 0.444 e. The molecule has 2 aromatic rings. The van der Waals surface area contributed by atoms with Gasteiger partial charge in [0.15, 0.2) is 0 Å². The van der Waals surface area contributed by atoms with Gasteiger partial charge in [-0.05, 0) is 36.3 Å². The lowest BCUT2D eigenvalue weighted by Gasteiger charge is -2.27. The molecule has 1 heterocycles. The highest BCUT2D eigenvalue weighted by Crippen LogP contribution is 2.20. The Morgan fingerprint density at radius 3 is 2.53 bits per heavy atom. The van der Waals surface area contributed by atoms with E-state index in [2.05, 4.69) is 16.4 Å². The summed E-state index contributed by atoms with van der Waals surface area (Å²) in [6.45, 7) is 4.87. The average Bonchev–Trinajstić information content (AvgIpc) is 3.40. The molecule has 0 saturated carbocycles. The van der Waals surface area contributed by atoms with Gasteiger partial charge >= 0.3 is 6.09 Å². The van der Waals surface area contributed by atoms with Crippen LogP contribution in [0.25, 0.3) is 0 Å². The SMILES string of the molecule is [3H]N[C@H](CC(C)C)C(=O)N1CCC[C@H]1C(=O)NCc1ccc(C(=N)NC(=O)OCc2ccccc2)cc1. The monoisotopic (exact) mass is 495 g/mol. The van der Waals surface area contributed by atoms with Crippen LogP contribution < -0.4 is 16.4 Å². The van der Waals surface area contributed by atoms with Gasteiger partial charge in [-0.1, -0.05) is 68.4 Å². The fourth-order valence-corrected chi connectivity index (χ4v) is 4.11. The second kappa shape index (κ2) is 12.8. The van der Waals surface area contributed by atoms with Crippen LogP contribution in [0, 0.1) is 11.3 Å². The maximum atomic E-state index is 12.9. The van der Waals surface area contributed by atoms with Gasteiger partial charge in [-0.25, -0.2) is 4.79 Å². The molecule has 0 aromatic heterocycles. The van der Waals surface area contributed by atoms with E-state index in [1.165, 1.54) is 0 Å². The smallest absolute Gasteiger partial charge is 0.413 e. The number of rotatable bonds is 10. The molecule has 2 atom stereocenters. The first-order valence-electron chi connectivity index (χ1n) is 12.7. The standard InChI is InChI=1S/C27H35N5O4/c1-18(2)15-22(28)26(34)32-14-6-9-23(32)25(33)30-16-19-10-12-21(13-11-19)24(29)31-27(35)36-17-20-7-4-3-5-8-20/h3-5,7-8,10-13,18,22-23H,6,9,14-17,28H2,1-2H3,(H,30,33)(H2,29,31,35)/t22-,23+/m1/s1/i/hT. The van der Waals surface area contributed by atoms with Crippen LogP contribution in [0.3, 0.4) is 0 Å². The topological polar surface area (TPSA) is 138 Å². The molecule has 192 valence electrons. The predicted molar refractivity (Wildman–Crippen MR) is 137 cm³/mol. The van der Waals surface area contributed by atoms with E-state index in [4.69, 9.17) is 11.6 Å². The third-order valence-electron chi connectivity index (χ3n) is 5.99. The number of hydrogen-bond acceptors (Lipinski definition) is 6. The summed E-state index contributed by atoms with van der Waals surface area (Å²) in [6, 6.07) is 15.0. The highest BCUT2D eigenvalue weighted by atomic mass is 16.5. The molecule has 1 aliphatic rings. The Balaban J connectivity index is 1.48. The number of hydrogen-bond donors (Lipinski definition) is 4. The van der Waals surface area contributed by atoms with Crippen LogP contribution in [0.1, 0.15) is 49.8 Å². The van der Waals surface area contributed by atoms with Crippen LogP contribution in [-0.4, -0.2) is 47.3 Å². The Labute approximate surface area is 213 Å². The summed E-state index contributed by atoms with van der Waals surface area (Å²) in [4.78, 5) is 39.3. The van der Waals surface area contributed by atoms with E-state index in [1.54, 1.807) is 29.2 Å². The van der Waals surface area contributed by atoms with E-state index in [0.29, 0.717) is 24.9 Å². The number of carbonyl (C=O) groups is 3. The molecule has 1 aliphatic heterocycles. The summed E-state index contributed by atoms with van der Waals surface area (Å²) in [7, 11) is 0. The second-order valence-electron chi connectivity index (χ2n) is 9.35. The summed E-state index contributed by atoms with van der Waals surface area (Å²) < 4.78 is 12.7. The summed E-state index contributed by atoms with van der Waals surface area (Å²) in [5.41, 5.74) is 4.51. The zero-order chi connectivity index (χ0) is 26.8. The molecule has 3 rings (SSSR count). The summed E-state index contributed by atoms with van der Waals surface area (Å²) in [5.74, 6) is -0.272. The fraction of sp³-hybridized carbons (Fsp3) is 0.407. The zero-order valence-electron chi connectivity index (χ0n) is 21.8. The molecular formula is C27H35N5O4. The summed E-state index contributed by atoms with van der Waals surface area (Å²) in [5, 5.41) is 13.4. The van der Waals surface area contributed by atoms with Crippen molar-refractivity contribution in [3.8, 4) is 0 Å². The van der Waals surface area contributed by atoms with E-state index in [1.807, 2.05) is 44.2 Å². The van der Waals surface area contributed by atoms with E-state index >= 15 is 0 Å². The lowest BCUT2D eigenvalue weighted by Crippen LogP contribution is -2.51. The predicted octanol–water partition coefficient (Wildman–Crippen LogP) is 2.92. The van der Waals surface area contributed by atoms with Crippen molar-refractivity contribution in [2.75, 3.05) is 6.54 Å². The van der Waals surface area contributed by atoms with Crippen LogP contribution in [0.4, 0.5) is 4.79 Å². The third-order valence-corrected chi connectivity index (χ3v) is 5.99. The lowest BCUT2D eigenvalue weighted by atomic mass is 10.0. The van der Waals surface area contributed by atoms with Gasteiger partial charge in [0.2, 0.25) is 11.8 Å². The van der Waals surface area contributed by atoms with Gasteiger partial charge in [0.25, 0.3) is 0 Å². The van der Waals surface area contributed by atoms with Gasteiger partial charge in [-0.2, -0.15) is 0 Å². The zero-order valence-corrected chi connectivity index (χ0v) is 20.8. The number of amidine groups is 1. The first-order chi connectivity index (χ1) is 17.8. The molecule has 2 aromatic carbocycles. The van der Waals surface area contributed by atoms with Gasteiger partial charge in [-0.15, -0.1) is 0 Å². The van der Waals surface area contributed by atoms with E-state index < -0.39 is 18.2 Å². The van der Waals surface area contributed by atoms with Crippen molar-refractivity contribution in [1.82, 2.24) is 15.5 Å². The number of ether oxygens (including phenoxy) is 1. The number of likely N-dealkylation sites (tertiary alicyclic amines) is 1. The van der Waals surface area contributed by atoms with Crippen molar-refractivity contribution >= 4 is 23.7 Å². The molecule has 9 nitrogen and oxygen atoms in total.